The summed E-state index contributed by atoms with van der Waals surface area (Å²) in [4.78, 5) is 3.01. The zero-order valence-corrected chi connectivity index (χ0v) is 8.41. The molecule has 0 aliphatic heterocycles. The second-order valence-corrected chi connectivity index (χ2v) is 3.45. The molecule has 4 heteroatoms. The molecule has 0 bridgehead atoms. The highest BCUT2D eigenvalue weighted by Gasteiger charge is 2.09. The minimum atomic E-state index is 0.610. The quantitative estimate of drug-likeness (QED) is 0.775. The molecule has 0 saturated carbocycles. The lowest BCUT2D eigenvalue weighted by molar-refractivity contribution is 0.419. The van der Waals surface area contributed by atoms with Crippen LogP contribution in [0.3, 0.4) is 0 Å². The van der Waals surface area contributed by atoms with Crippen LogP contribution in [0, 0.1) is 0 Å². The zero-order chi connectivity index (χ0) is 9.42. The molecule has 0 atom stereocenters. The van der Waals surface area contributed by atoms with Gasteiger partial charge in [0, 0.05) is 11.6 Å². The third kappa shape index (κ3) is 1.26. The molecule has 13 heavy (non-hydrogen) atoms. The summed E-state index contributed by atoms with van der Waals surface area (Å²) in [5.41, 5.74) is 0.833. The molecule has 0 spiro atoms. The van der Waals surface area contributed by atoms with Gasteiger partial charge in [0.15, 0.2) is 0 Å². The lowest BCUT2D eigenvalue weighted by Crippen LogP contribution is -1.83. The molecular formula is C9H7Cl2NO. The fourth-order valence-corrected chi connectivity index (χ4v) is 1.87. The van der Waals surface area contributed by atoms with Crippen LogP contribution in [0.1, 0.15) is 0 Å². The van der Waals surface area contributed by atoms with E-state index in [-0.39, 0.29) is 0 Å². The van der Waals surface area contributed by atoms with E-state index in [0.29, 0.717) is 10.0 Å². The Labute approximate surface area is 85.4 Å². The van der Waals surface area contributed by atoms with Crippen molar-refractivity contribution in [2.24, 2.45) is 0 Å². The van der Waals surface area contributed by atoms with Gasteiger partial charge >= 0.3 is 0 Å². The van der Waals surface area contributed by atoms with E-state index in [1.54, 1.807) is 25.4 Å². The van der Waals surface area contributed by atoms with Gasteiger partial charge in [-0.1, -0.05) is 23.2 Å². The van der Waals surface area contributed by atoms with E-state index in [1.165, 1.54) is 0 Å². The lowest BCUT2D eigenvalue weighted by atomic mass is 10.2. The van der Waals surface area contributed by atoms with Crippen LogP contribution < -0.4 is 4.74 Å². The van der Waals surface area contributed by atoms with Crippen LogP contribution in [0.25, 0.3) is 10.9 Å². The number of hydrogen-bond acceptors (Lipinski definition) is 1. The number of rotatable bonds is 1. The highest BCUT2D eigenvalue weighted by Crippen LogP contribution is 2.35. The maximum absolute atomic E-state index is 5.97. The van der Waals surface area contributed by atoms with Crippen LogP contribution in [0.15, 0.2) is 18.3 Å². The molecule has 2 rings (SSSR count). The number of aromatic nitrogens is 1. The van der Waals surface area contributed by atoms with Crippen molar-refractivity contribution >= 4 is 34.1 Å². The first-order valence-corrected chi connectivity index (χ1v) is 4.48. The Bertz CT molecular complexity index is 450. The average molecular weight is 216 g/mol. The number of ether oxygens (including phenoxy) is 1. The van der Waals surface area contributed by atoms with E-state index in [1.807, 2.05) is 0 Å². The predicted octanol–water partition coefficient (Wildman–Crippen LogP) is 3.48. The Morgan fingerprint density at radius 2 is 2.00 bits per heavy atom. The Balaban J connectivity index is 2.87. The minimum absolute atomic E-state index is 0.610. The number of aromatic amines is 1. The minimum Gasteiger partial charge on any atom is -0.495 e. The van der Waals surface area contributed by atoms with E-state index in [4.69, 9.17) is 27.9 Å². The third-order valence-electron chi connectivity index (χ3n) is 1.92. The Morgan fingerprint density at radius 3 is 2.69 bits per heavy atom. The summed E-state index contributed by atoms with van der Waals surface area (Å²) in [5, 5.41) is 2.05. The fraction of sp³-hybridized carbons (Fsp3) is 0.111. The Morgan fingerprint density at radius 1 is 1.23 bits per heavy atom. The van der Waals surface area contributed by atoms with E-state index >= 15 is 0 Å². The molecule has 1 aromatic carbocycles. The molecule has 2 nitrogen and oxygen atoms in total. The SMILES string of the molecule is COc1ccc(Cl)c2c(Cl)c[nH]c12. The van der Waals surface area contributed by atoms with Gasteiger partial charge in [-0.05, 0) is 12.1 Å². The molecular weight excluding hydrogens is 209 g/mol. The summed E-state index contributed by atoms with van der Waals surface area (Å²) in [7, 11) is 1.61. The number of nitrogens with one attached hydrogen (secondary N) is 1. The van der Waals surface area contributed by atoms with Gasteiger partial charge in [0.05, 0.1) is 22.7 Å². The van der Waals surface area contributed by atoms with Crippen molar-refractivity contribution in [3.63, 3.8) is 0 Å². The number of fused-ring (bicyclic) bond motifs is 1. The van der Waals surface area contributed by atoms with Crippen LogP contribution in [0.5, 0.6) is 5.75 Å². The predicted molar refractivity (Wildman–Crippen MR) is 54.9 cm³/mol. The number of hydrogen-bond donors (Lipinski definition) is 1. The molecule has 1 N–H and O–H groups in total. The van der Waals surface area contributed by atoms with E-state index in [9.17, 15) is 0 Å². The molecule has 68 valence electrons. The van der Waals surface area contributed by atoms with Crippen LogP contribution in [0.2, 0.25) is 10.0 Å². The van der Waals surface area contributed by atoms with Crippen molar-refractivity contribution in [3.05, 3.63) is 28.4 Å². The van der Waals surface area contributed by atoms with Crippen molar-refractivity contribution < 1.29 is 4.74 Å². The normalized spacial score (nSPS) is 10.7. The van der Waals surface area contributed by atoms with Gasteiger partial charge in [-0.3, -0.25) is 0 Å². The second-order valence-electron chi connectivity index (χ2n) is 2.64. The first-order chi connectivity index (χ1) is 6.24. The molecule has 0 fully saturated rings. The summed E-state index contributed by atoms with van der Waals surface area (Å²) in [6, 6.07) is 3.57. The molecule has 0 aliphatic rings. The number of benzene rings is 1. The Kier molecular flexibility index (Phi) is 2.10. The molecule has 1 aromatic heterocycles. The van der Waals surface area contributed by atoms with Crippen LogP contribution in [-0.2, 0) is 0 Å². The number of H-pyrrole nitrogens is 1. The second kappa shape index (κ2) is 3.13. The summed E-state index contributed by atoms with van der Waals surface area (Å²) >= 11 is 11.9. The smallest absolute Gasteiger partial charge is 0.143 e. The number of halogens is 2. The first-order valence-electron chi connectivity index (χ1n) is 3.73. The molecule has 0 saturated heterocycles. The fourth-order valence-electron chi connectivity index (χ4n) is 1.31. The maximum atomic E-state index is 5.97. The molecule has 2 aromatic rings. The first kappa shape index (κ1) is 8.73. The number of methoxy groups -OCH3 is 1. The van der Waals surface area contributed by atoms with E-state index in [0.717, 1.165) is 16.7 Å². The monoisotopic (exact) mass is 215 g/mol. The van der Waals surface area contributed by atoms with Crippen molar-refractivity contribution in [1.82, 2.24) is 4.98 Å². The van der Waals surface area contributed by atoms with Crippen LogP contribution in [-0.4, -0.2) is 12.1 Å². The largest absolute Gasteiger partial charge is 0.495 e. The third-order valence-corrected chi connectivity index (χ3v) is 2.53. The van der Waals surface area contributed by atoms with Crippen molar-refractivity contribution in [3.8, 4) is 5.75 Å². The van der Waals surface area contributed by atoms with Gasteiger partial charge < -0.3 is 9.72 Å². The van der Waals surface area contributed by atoms with Gasteiger partial charge in [-0.25, -0.2) is 0 Å². The maximum Gasteiger partial charge on any atom is 0.143 e. The van der Waals surface area contributed by atoms with E-state index in [2.05, 4.69) is 4.98 Å². The molecule has 1 heterocycles. The summed E-state index contributed by atoms with van der Waals surface area (Å²) in [6.45, 7) is 0. The molecule has 0 amide bonds. The van der Waals surface area contributed by atoms with Gasteiger partial charge in [0.25, 0.3) is 0 Å². The summed E-state index contributed by atoms with van der Waals surface area (Å²) in [6.07, 6.45) is 1.70. The van der Waals surface area contributed by atoms with Crippen LogP contribution in [0.4, 0.5) is 0 Å². The topological polar surface area (TPSA) is 25.0 Å². The summed E-state index contributed by atoms with van der Waals surface area (Å²) < 4.78 is 5.15. The highest BCUT2D eigenvalue weighted by atomic mass is 35.5. The van der Waals surface area contributed by atoms with Crippen molar-refractivity contribution in [2.75, 3.05) is 7.11 Å². The average Bonchev–Trinajstić information content (AvgIpc) is 2.50. The lowest BCUT2D eigenvalue weighted by Gasteiger charge is -2.02. The Hall–Kier alpha value is -0.860. The standard InChI is InChI=1S/C9H7Cl2NO/c1-13-7-3-2-5(10)8-6(11)4-12-9(7)8/h2-4,12H,1H3. The van der Waals surface area contributed by atoms with Gasteiger partial charge in [-0.2, -0.15) is 0 Å². The van der Waals surface area contributed by atoms with Gasteiger partial charge in [0.1, 0.15) is 5.75 Å². The van der Waals surface area contributed by atoms with E-state index < -0.39 is 0 Å². The molecule has 0 unspecified atom stereocenters. The molecule has 0 aliphatic carbocycles. The van der Waals surface area contributed by atoms with Crippen molar-refractivity contribution in [1.29, 1.82) is 0 Å². The van der Waals surface area contributed by atoms with Gasteiger partial charge in [0.2, 0.25) is 0 Å². The van der Waals surface area contributed by atoms with Crippen LogP contribution >= 0.6 is 23.2 Å². The zero-order valence-electron chi connectivity index (χ0n) is 6.90. The van der Waals surface area contributed by atoms with Gasteiger partial charge in [-0.15, -0.1) is 0 Å². The summed E-state index contributed by atoms with van der Waals surface area (Å²) in [5.74, 6) is 0.742. The highest BCUT2D eigenvalue weighted by molar-refractivity contribution is 6.42. The molecule has 0 radical (unpaired) electrons. The van der Waals surface area contributed by atoms with Crippen molar-refractivity contribution in [2.45, 2.75) is 0 Å².